The number of aromatic nitrogens is 2. The first-order valence-electron chi connectivity index (χ1n) is 10.6. The Morgan fingerprint density at radius 1 is 1.00 bits per heavy atom. The zero-order valence-electron chi connectivity index (χ0n) is 17.1. The molecule has 1 aliphatic heterocycles. The minimum Gasteiger partial charge on any atom is -0.354 e. The molecule has 6 heteroatoms. The highest BCUT2D eigenvalue weighted by atomic mass is 19.1. The molecule has 0 unspecified atom stereocenters. The van der Waals surface area contributed by atoms with Gasteiger partial charge in [-0.25, -0.2) is 14.4 Å². The Labute approximate surface area is 177 Å². The van der Waals surface area contributed by atoms with Gasteiger partial charge in [0.1, 0.15) is 5.82 Å². The van der Waals surface area contributed by atoms with E-state index in [0.717, 1.165) is 49.5 Å². The fraction of sp³-hybridized carbons (Fsp3) is 0.333. The summed E-state index contributed by atoms with van der Waals surface area (Å²) in [7, 11) is 0. The summed E-state index contributed by atoms with van der Waals surface area (Å²) >= 11 is 0. The highest BCUT2D eigenvalue weighted by Gasteiger charge is 2.10. The smallest absolute Gasteiger partial charge is 0.223 e. The van der Waals surface area contributed by atoms with E-state index in [4.69, 9.17) is 0 Å². The van der Waals surface area contributed by atoms with E-state index in [1.54, 1.807) is 18.3 Å². The normalized spacial score (nSPS) is 15.0. The predicted octanol–water partition coefficient (Wildman–Crippen LogP) is 3.73. The number of rotatable bonds is 7. The summed E-state index contributed by atoms with van der Waals surface area (Å²) < 4.78 is 13.3. The second kappa shape index (κ2) is 10.3. The molecule has 4 rings (SSSR count). The lowest BCUT2D eigenvalue weighted by molar-refractivity contribution is 0.284. The van der Waals surface area contributed by atoms with E-state index in [1.165, 1.54) is 18.1 Å². The minimum absolute atomic E-state index is 0.206. The van der Waals surface area contributed by atoms with Crippen molar-refractivity contribution in [1.29, 1.82) is 0 Å². The first-order valence-corrected chi connectivity index (χ1v) is 10.6. The molecule has 5 nitrogen and oxygen atoms in total. The molecule has 1 aromatic heterocycles. The van der Waals surface area contributed by atoms with Gasteiger partial charge in [-0.3, -0.25) is 4.90 Å². The van der Waals surface area contributed by atoms with Crippen LogP contribution in [0.1, 0.15) is 17.5 Å². The number of hydrogen-bond acceptors (Lipinski definition) is 5. The number of nitrogens with zero attached hydrogens (tertiary/aromatic N) is 3. The third-order valence-corrected chi connectivity index (χ3v) is 5.30. The summed E-state index contributed by atoms with van der Waals surface area (Å²) in [6.45, 7) is 5.97. The molecule has 2 heterocycles. The van der Waals surface area contributed by atoms with Gasteiger partial charge in [-0.2, -0.15) is 0 Å². The van der Waals surface area contributed by atoms with Gasteiger partial charge in [0.05, 0.1) is 5.69 Å². The molecule has 0 saturated carbocycles. The molecule has 2 aromatic carbocycles. The second-order valence-electron chi connectivity index (χ2n) is 7.65. The second-order valence-corrected chi connectivity index (χ2v) is 7.65. The van der Waals surface area contributed by atoms with Gasteiger partial charge in [-0.05, 0) is 61.3 Å². The van der Waals surface area contributed by atoms with Crippen LogP contribution in [0.4, 0.5) is 10.3 Å². The number of hydrogen-bond donors (Lipinski definition) is 2. The van der Waals surface area contributed by atoms with Crippen molar-refractivity contribution in [3.8, 4) is 11.3 Å². The molecule has 0 radical (unpaired) electrons. The van der Waals surface area contributed by atoms with Crippen LogP contribution in [0.15, 0.2) is 60.8 Å². The summed E-state index contributed by atoms with van der Waals surface area (Å²) in [4.78, 5) is 11.5. The Morgan fingerprint density at radius 3 is 2.83 bits per heavy atom. The number of anilines is 1. The lowest BCUT2D eigenvalue weighted by atomic mass is 10.1. The van der Waals surface area contributed by atoms with Crippen LogP contribution in [-0.4, -0.2) is 47.6 Å². The van der Waals surface area contributed by atoms with E-state index in [-0.39, 0.29) is 5.82 Å². The van der Waals surface area contributed by atoms with Gasteiger partial charge in [0, 0.05) is 37.9 Å². The zero-order valence-corrected chi connectivity index (χ0v) is 17.1. The van der Waals surface area contributed by atoms with E-state index < -0.39 is 0 Å². The highest BCUT2D eigenvalue weighted by Crippen LogP contribution is 2.20. The predicted molar refractivity (Wildman–Crippen MR) is 119 cm³/mol. The van der Waals surface area contributed by atoms with Crippen molar-refractivity contribution >= 4 is 5.95 Å². The first kappa shape index (κ1) is 20.4. The molecule has 0 spiro atoms. The van der Waals surface area contributed by atoms with E-state index in [1.807, 2.05) is 12.1 Å². The molecule has 3 aromatic rings. The maximum atomic E-state index is 13.3. The number of halogens is 1. The van der Waals surface area contributed by atoms with Crippen LogP contribution in [0, 0.1) is 5.82 Å². The molecule has 1 aliphatic rings. The Bertz CT molecular complexity index is 954. The van der Waals surface area contributed by atoms with E-state index in [0.29, 0.717) is 18.9 Å². The minimum atomic E-state index is -0.206. The maximum Gasteiger partial charge on any atom is 0.223 e. The Morgan fingerprint density at radius 2 is 1.90 bits per heavy atom. The number of benzene rings is 2. The molecule has 0 aliphatic carbocycles. The van der Waals surface area contributed by atoms with Crippen LogP contribution >= 0.6 is 0 Å². The molecular formula is C24H28FN5. The Hall–Kier alpha value is -2.83. The largest absolute Gasteiger partial charge is 0.354 e. The van der Waals surface area contributed by atoms with Crippen molar-refractivity contribution in [2.45, 2.75) is 19.4 Å². The third kappa shape index (κ3) is 5.84. The first-order chi connectivity index (χ1) is 14.8. The van der Waals surface area contributed by atoms with Crippen LogP contribution in [0.2, 0.25) is 0 Å². The van der Waals surface area contributed by atoms with E-state index in [2.05, 4.69) is 49.8 Å². The summed E-state index contributed by atoms with van der Waals surface area (Å²) in [6, 6.07) is 17.2. The van der Waals surface area contributed by atoms with Gasteiger partial charge in [0.15, 0.2) is 0 Å². The van der Waals surface area contributed by atoms with Gasteiger partial charge < -0.3 is 10.6 Å². The molecule has 1 saturated heterocycles. The van der Waals surface area contributed by atoms with Gasteiger partial charge in [0.25, 0.3) is 0 Å². The van der Waals surface area contributed by atoms with Crippen molar-refractivity contribution in [3.63, 3.8) is 0 Å². The van der Waals surface area contributed by atoms with Crippen molar-refractivity contribution < 1.29 is 4.39 Å². The van der Waals surface area contributed by atoms with Crippen LogP contribution < -0.4 is 10.6 Å². The Balaban J connectivity index is 1.39. The molecule has 30 heavy (non-hydrogen) atoms. The number of nitrogens with one attached hydrogen (secondary N) is 2. The van der Waals surface area contributed by atoms with Gasteiger partial charge in [-0.1, -0.05) is 30.3 Å². The molecule has 1 fully saturated rings. The van der Waals surface area contributed by atoms with Crippen LogP contribution in [0.5, 0.6) is 0 Å². The van der Waals surface area contributed by atoms with Crippen molar-refractivity contribution in [2.75, 3.05) is 38.0 Å². The molecule has 0 atom stereocenters. The van der Waals surface area contributed by atoms with Crippen molar-refractivity contribution in [2.24, 2.45) is 0 Å². The average Bonchev–Trinajstić information content (AvgIpc) is 3.03. The lowest BCUT2D eigenvalue weighted by Gasteiger charge is -2.19. The fourth-order valence-electron chi connectivity index (χ4n) is 3.76. The third-order valence-electron chi connectivity index (χ3n) is 5.30. The lowest BCUT2D eigenvalue weighted by Crippen LogP contribution is -2.27. The maximum absolute atomic E-state index is 13.3. The van der Waals surface area contributed by atoms with Gasteiger partial charge in [0.2, 0.25) is 5.95 Å². The topological polar surface area (TPSA) is 53.1 Å². The Kier molecular flexibility index (Phi) is 7.00. The fourth-order valence-corrected chi connectivity index (χ4v) is 3.76. The summed E-state index contributed by atoms with van der Waals surface area (Å²) in [6.07, 6.45) is 3.68. The molecular weight excluding hydrogens is 377 g/mol. The average molecular weight is 406 g/mol. The molecule has 0 amide bonds. The van der Waals surface area contributed by atoms with Crippen LogP contribution in [0.3, 0.4) is 0 Å². The van der Waals surface area contributed by atoms with Crippen LogP contribution in [-0.2, 0) is 13.0 Å². The summed E-state index contributed by atoms with van der Waals surface area (Å²) in [5.74, 6) is 0.384. The molecule has 156 valence electrons. The van der Waals surface area contributed by atoms with E-state index in [9.17, 15) is 4.39 Å². The highest BCUT2D eigenvalue weighted by molar-refractivity contribution is 5.60. The standard InChI is InChI=1S/C24H28FN5/c25-22-7-2-4-19(17-22)8-11-27-24-28-12-9-23(29-24)21-6-1-5-20(16-21)18-30-14-3-10-26-13-15-30/h1-2,4-7,9,12,16-17,26H,3,8,10-11,13-15,18H2,(H,27,28,29). The van der Waals surface area contributed by atoms with Gasteiger partial charge in [-0.15, -0.1) is 0 Å². The summed E-state index contributed by atoms with van der Waals surface area (Å²) in [5, 5.41) is 6.70. The molecule has 0 bridgehead atoms. The zero-order chi connectivity index (χ0) is 20.6. The van der Waals surface area contributed by atoms with Gasteiger partial charge >= 0.3 is 0 Å². The van der Waals surface area contributed by atoms with Crippen molar-refractivity contribution in [3.05, 3.63) is 77.7 Å². The van der Waals surface area contributed by atoms with Crippen LogP contribution in [0.25, 0.3) is 11.3 Å². The summed E-state index contributed by atoms with van der Waals surface area (Å²) in [5.41, 5.74) is 4.25. The monoisotopic (exact) mass is 405 g/mol. The quantitative estimate of drug-likeness (QED) is 0.627. The van der Waals surface area contributed by atoms with E-state index >= 15 is 0 Å². The molecule has 2 N–H and O–H groups in total. The SMILES string of the molecule is Fc1cccc(CCNc2nccc(-c3cccc(CN4CCCNCC4)c3)n2)c1. The van der Waals surface area contributed by atoms with Crippen molar-refractivity contribution in [1.82, 2.24) is 20.2 Å².